The van der Waals surface area contributed by atoms with E-state index < -0.39 is 0 Å². The minimum atomic E-state index is 0.587. The fraction of sp³-hybridized carbons (Fsp3) is 0.571. The zero-order chi connectivity index (χ0) is 13.7. The predicted molar refractivity (Wildman–Crippen MR) is 81.9 cm³/mol. The van der Waals surface area contributed by atoms with Crippen LogP contribution in [-0.2, 0) is 0 Å². The maximum Gasteiger partial charge on any atom is 0.0953 e. The molecule has 0 unspecified atom stereocenters. The molecule has 0 fully saturated rings. The van der Waals surface area contributed by atoms with Crippen molar-refractivity contribution in [3.05, 3.63) is 32.2 Å². The number of hydrogen-bond donors (Lipinski definition) is 0. The van der Waals surface area contributed by atoms with Gasteiger partial charge in [0.2, 0.25) is 0 Å². The highest BCUT2D eigenvalue weighted by Crippen LogP contribution is 2.18. The number of rotatable bonds is 2. The van der Waals surface area contributed by atoms with Crippen molar-refractivity contribution in [1.29, 1.82) is 0 Å². The van der Waals surface area contributed by atoms with Crippen LogP contribution < -0.4 is 0 Å². The molecule has 0 saturated carbocycles. The van der Waals surface area contributed by atoms with Gasteiger partial charge in [0, 0.05) is 34.0 Å². The Labute approximate surface area is 118 Å². The molecule has 18 heavy (non-hydrogen) atoms. The van der Waals surface area contributed by atoms with Gasteiger partial charge in [-0.1, -0.05) is 27.7 Å². The quantitative estimate of drug-likeness (QED) is 0.761. The second-order valence-electron chi connectivity index (χ2n) is 4.96. The predicted octanol–water partition coefficient (Wildman–Crippen LogP) is 5.15. The van der Waals surface area contributed by atoms with E-state index in [4.69, 9.17) is 0 Å². The topological polar surface area (TPSA) is 25.8 Å². The molecule has 0 aliphatic carbocycles. The van der Waals surface area contributed by atoms with Gasteiger partial charge in [-0.25, -0.2) is 9.97 Å². The monoisotopic (exact) mass is 282 g/mol. The smallest absolute Gasteiger partial charge is 0.0953 e. The van der Waals surface area contributed by atoms with Crippen LogP contribution in [0.3, 0.4) is 0 Å². The summed E-state index contributed by atoms with van der Waals surface area (Å²) in [5.41, 5.74) is 2.28. The fourth-order valence-electron chi connectivity index (χ4n) is 1.27. The van der Waals surface area contributed by atoms with Gasteiger partial charge in [-0.2, -0.15) is 0 Å². The number of hydrogen-bond acceptors (Lipinski definition) is 4. The molecule has 2 aromatic rings. The molecule has 0 aliphatic heterocycles. The van der Waals surface area contributed by atoms with E-state index in [9.17, 15) is 0 Å². The van der Waals surface area contributed by atoms with E-state index in [0.29, 0.717) is 11.8 Å². The third-order valence-electron chi connectivity index (χ3n) is 2.26. The fourth-order valence-corrected chi connectivity index (χ4v) is 2.90. The molecule has 100 valence electrons. The Hall–Kier alpha value is -0.740. The Morgan fingerprint density at radius 3 is 1.22 bits per heavy atom. The Kier molecular flexibility index (Phi) is 5.96. The van der Waals surface area contributed by atoms with Crippen molar-refractivity contribution in [3.8, 4) is 0 Å². The van der Waals surface area contributed by atoms with Crippen molar-refractivity contribution in [2.24, 2.45) is 0 Å². The molecule has 2 rings (SSSR count). The van der Waals surface area contributed by atoms with E-state index in [1.807, 2.05) is 13.8 Å². The largest absolute Gasteiger partial charge is 0.246 e. The first kappa shape index (κ1) is 15.3. The maximum absolute atomic E-state index is 4.33. The molecule has 0 atom stereocenters. The summed E-state index contributed by atoms with van der Waals surface area (Å²) in [6.45, 7) is 12.7. The SMILES string of the molecule is Cc1csc(C(C)C)n1.Cc1csc(C(C)C)n1. The molecule has 0 N–H and O–H groups in total. The van der Waals surface area contributed by atoms with E-state index in [0.717, 1.165) is 11.4 Å². The molecule has 2 nitrogen and oxygen atoms in total. The Morgan fingerprint density at radius 2 is 1.11 bits per heavy atom. The van der Waals surface area contributed by atoms with Crippen molar-refractivity contribution >= 4 is 22.7 Å². The van der Waals surface area contributed by atoms with E-state index in [-0.39, 0.29) is 0 Å². The van der Waals surface area contributed by atoms with Gasteiger partial charge in [0.1, 0.15) is 0 Å². The minimum absolute atomic E-state index is 0.587. The minimum Gasteiger partial charge on any atom is -0.246 e. The van der Waals surface area contributed by atoms with Crippen molar-refractivity contribution in [3.63, 3.8) is 0 Å². The summed E-state index contributed by atoms with van der Waals surface area (Å²) in [6.07, 6.45) is 0. The van der Waals surface area contributed by atoms with Crippen LogP contribution in [0.25, 0.3) is 0 Å². The van der Waals surface area contributed by atoms with Gasteiger partial charge in [0.25, 0.3) is 0 Å². The first-order valence-electron chi connectivity index (χ1n) is 6.24. The average molecular weight is 282 g/mol. The summed E-state index contributed by atoms with van der Waals surface area (Å²) in [6, 6.07) is 0. The third-order valence-corrected chi connectivity index (χ3v) is 4.79. The molecule has 0 radical (unpaired) electrons. The zero-order valence-electron chi connectivity index (χ0n) is 12.0. The number of aromatic nitrogens is 2. The summed E-state index contributed by atoms with van der Waals surface area (Å²) in [5.74, 6) is 1.17. The molecular weight excluding hydrogens is 260 g/mol. The van der Waals surface area contributed by atoms with Gasteiger partial charge in [-0.15, -0.1) is 22.7 Å². The standard InChI is InChI=1S/2C7H11NS/c2*1-5(2)7-8-6(3)4-9-7/h2*4-5H,1-3H3. The molecule has 0 aromatic carbocycles. The summed E-state index contributed by atoms with van der Waals surface area (Å²) in [5, 5.41) is 6.67. The Morgan fingerprint density at radius 1 is 0.778 bits per heavy atom. The highest BCUT2D eigenvalue weighted by atomic mass is 32.1. The number of thiazole rings is 2. The Bertz CT molecular complexity index is 425. The molecule has 0 spiro atoms. The molecule has 4 heteroatoms. The number of nitrogens with zero attached hydrogens (tertiary/aromatic N) is 2. The second-order valence-corrected chi connectivity index (χ2v) is 6.74. The van der Waals surface area contributed by atoms with Crippen molar-refractivity contribution in [2.75, 3.05) is 0 Å². The van der Waals surface area contributed by atoms with Gasteiger partial charge < -0.3 is 0 Å². The average Bonchev–Trinajstić information content (AvgIpc) is 2.88. The number of aryl methyl sites for hydroxylation is 2. The molecule has 0 aliphatic rings. The van der Waals surface area contributed by atoms with Gasteiger partial charge in [-0.05, 0) is 13.8 Å². The summed E-state index contributed by atoms with van der Waals surface area (Å²) < 4.78 is 0. The van der Waals surface area contributed by atoms with E-state index >= 15 is 0 Å². The summed E-state index contributed by atoms with van der Waals surface area (Å²) in [7, 11) is 0. The van der Waals surface area contributed by atoms with Gasteiger partial charge in [0.05, 0.1) is 10.0 Å². The van der Waals surface area contributed by atoms with Gasteiger partial charge in [-0.3, -0.25) is 0 Å². The lowest BCUT2D eigenvalue weighted by Crippen LogP contribution is -1.83. The van der Waals surface area contributed by atoms with Crippen LogP contribution in [-0.4, -0.2) is 9.97 Å². The van der Waals surface area contributed by atoms with Gasteiger partial charge >= 0.3 is 0 Å². The highest BCUT2D eigenvalue weighted by Gasteiger charge is 2.01. The summed E-state index contributed by atoms with van der Waals surface area (Å²) in [4.78, 5) is 8.66. The molecule has 0 saturated heterocycles. The first-order valence-corrected chi connectivity index (χ1v) is 8.00. The summed E-state index contributed by atoms with van der Waals surface area (Å²) >= 11 is 3.49. The molecule has 2 heterocycles. The lowest BCUT2D eigenvalue weighted by molar-refractivity contribution is 0.847. The first-order chi connectivity index (χ1) is 8.40. The molecule has 0 bridgehead atoms. The molecular formula is C14H22N2S2. The van der Waals surface area contributed by atoms with Crippen LogP contribution in [0.4, 0.5) is 0 Å². The lowest BCUT2D eigenvalue weighted by atomic mass is 10.2. The van der Waals surface area contributed by atoms with Crippen LogP contribution >= 0.6 is 22.7 Å². The lowest BCUT2D eigenvalue weighted by Gasteiger charge is -1.94. The Balaban J connectivity index is 0.000000180. The highest BCUT2D eigenvalue weighted by molar-refractivity contribution is 7.10. The van der Waals surface area contributed by atoms with Crippen LogP contribution in [0, 0.1) is 13.8 Å². The molecule has 0 amide bonds. The van der Waals surface area contributed by atoms with E-state index in [1.165, 1.54) is 10.0 Å². The van der Waals surface area contributed by atoms with Crippen molar-refractivity contribution < 1.29 is 0 Å². The van der Waals surface area contributed by atoms with Crippen molar-refractivity contribution in [1.82, 2.24) is 9.97 Å². The normalized spacial score (nSPS) is 10.7. The van der Waals surface area contributed by atoms with Crippen LogP contribution in [0.1, 0.15) is 60.9 Å². The van der Waals surface area contributed by atoms with E-state index in [1.54, 1.807) is 22.7 Å². The third kappa shape index (κ3) is 4.86. The van der Waals surface area contributed by atoms with Crippen molar-refractivity contribution in [2.45, 2.75) is 53.4 Å². The molecule has 2 aromatic heterocycles. The van der Waals surface area contributed by atoms with Crippen LogP contribution in [0.15, 0.2) is 10.8 Å². The van der Waals surface area contributed by atoms with Crippen LogP contribution in [0.5, 0.6) is 0 Å². The second kappa shape index (κ2) is 7.00. The maximum atomic E-state index is 4.33. The van der Waals surface area contributed by atoms with E-state index in [2.05, 4.69) is 48.4 Å². The zero-order valence-corrected chi connectivity index (χ0v) is 13.7. The van der Waals surface area contributed by atoms with Crippen LogP contribution in [0.2, 0.25) is 0 Å². The van der Waals surface area contributed by atoms with Gasteiger partial charge in [0.15, 0.2) is 0 Å².